The number of pyridine rings is 1. The van der Waals surface area contributed by atoms with Gasteiger partial charge in [0.15, 0.2) is 5.78 Å². The van der Waals surface area contributed by atoms with Gasteiger partial charge in [-0.2, -0.15) is 0 Å². The van der Waals surface area contributed by atoms with Gasteiger partial charge in [0.05, 0.1) is 47.2 Å². The number of allylic oxidation sites excluding steroid dienone is 1. The van der Waals surface area contributed by atoms with Crippen LogP contribution in [0, 0.1) is 23.2 Å². The molecular weight excluding hydrogens is 854 g/mol. The number of ether oxygens (including phenoxy) is 4. The van der Waals surface area contributed by atoms with Crippen LogP contribution in [-0.2, 0) is 33.9 Å². The van der Waals surface area contributed by atoms with E-state index in [2.05, 4.69) is 30.0 Å². The molecule has 4 saturated heterocycles. The number of fused-ring (bicyclic) bond motifs is 2. The molecule has 2 saturated carbocycles. The van der Waals surface area contributed by atoms with Crippen LogP contribution < -0.4 is 14.2 Å². The maximum atomic E-state index is 14.7. The zero-order valence-corrected chi connectivity index (χ0v) is 37.8. The molecule has 3 aromatic rings. The van der Waals surface area contributed by atoms with Crippen molar-refractivity contribution in [1.82, 2.24) is 24.5 Å². The lowest BCUT2D eigenvalue weighted by atomic mass is 9.78. The number of piperidine rings is 1. The SMILES string of the molecule is C=C[C@@H]1C[C@]1(CC(=O)[C@@H]1C[C@@H](Oc2cc(-c3nc(C(C)C)cs3)nc3c(Cl)c(OCCN4CCOCC4)ccc23)[C@H]2CC[C@H](C3CCOCC3)C(=O)N21)C(=O)NS(=O)(=O)C1CC1. The second kappa shape index (κ2) is 17.7. The van der Waals surface area contributed by atoms with E-state index in [0.717, 1.165) is 38.2 Å². The molecule has 1 N–H and O–H groups in total. The molecule has 6 aliphatic rings. The molecule has 6 heterocycles. The van der Waals surface area contributed by atoms with Crippen LogP contribution >= 0.6 is 22.9 Å². The summed E-state index contributed by atoms with van der Waals surface area (Å²) < 4.78 is 52.5. The largest absolute Gasteiger partial charge is 0.491 e. The first-order chi connectivity index (χ1) is 29.9. The zero-order chi connectivity index (χ0) is 43.3. The van der Waals surface area contributed by atoms with Crippen LogP contribution in [0.3, 0.4) is 0 Å². The van der Waals surface area contributed by atoms with Crippen molar-refractivity contribution in [2.75, 3.05) is 52.7 Å². The number of halogens is 1. The summed E-state index contributed by atoms with van der Waals surface area (Å²) in [6, 6.07) is 4.30. The van der Waals surface area contributed by atoms with Crippen molar-refractivity contribution < 1.29 is 41.7 Å². The maximum Gasteiger partial charge on any atom is 0.240 e. The van der Waals surface area contributed by atoms with Crippen LogP contribution in [0.4, 0.5) is 0 Å². The summed E-state index contributed by atoms with van der Waals surface area (Å²) in [5, 5.41) is 3.14. The number of benzene rings is 1. The molecule has 14 nitrogen and oxygen atoms in total. The Bertz CT molecular complexity index is 2330. The van der Waals surface area contributed by atoms with Crippen molar-refractivity contribution in [1.29, 1.82) is 0 Å². The number of hydrogen-bond acceptors (Lipinski definition) is 13. The normalized spacial score (nSPS) is 28.2. The Balaban J connectivity index is 1.03. The van der Waals surface area contributed by atoms with Gasteiger partial charge in [0.25, 0.3) is 0 Å². The zero-order valence-electron chi connectivity index (χ0n) is 35.4. The van der Waals surface area contributed by atoms with Crippen LogP contribution in [0.5, 0.6) is 11.5 Å². The summed E-state index contributed by atoms with van der Waals surface area (Å²) in [5.41, 5.74) is 0.770. The van der Waals surface area contributed by atoms with Gasteiger partial charge in [-0.1, -0.05) is 31.5 Å². The van der Waals surface area contributed by atoms with E-state index in [1.165, 1.54) is 11.3 Å². The number of morpholine rings is 1. The number of hydrogen-bond donors (Lipinski definition) is 1. The van der Waals surface area contributed by atoms with Gasteiger partial charge in [-0.15, -0.1) is 17.9 Å². The molecule has 2 aliphatic carbocycles. The van der Waals surface area contributed by atoms with Gasteiger partial charge in [0.1, 0.15) is 39.9 Å². The summed E-state index contributed by atoms with van der Waals surface area (Å²) in [6.45, 7) is 13.5. The van der Waals surface area contributed by atoms with E-state index in [0.29, 0.717) is 103 Å². The van der Waals surface area contributed by atoms with Crippen molar-refractivity contribution in [3.05, 3.63) is 47.0 Å². The number of sulfonamides is 1. The molecule has 9 rings (SSSR count). The predicted molar refractivity (Wildman–Crippen MR) is 235 cm³/mol. The average Bonchev–Trinajstić information content (AvgIpc) is 4.16. The van der Waals surface area contributed by atoms with E-state index in [1.54, 1.807) is 11.0 Å². The number of nitrogens with zero attached hydrogens (tertiary/aromatic N) is 4. The minimum atomic E-state index is -3.84. The Morgan fingerprint density at radius 1 is 1.06 bits per heavy atom. The van der Waals surface area contributed by atoms with Crippen molar-refractivity contribution in [2.24, 2.45) is 23.2 Å². The van der Waals surface area contributed by atoms with Gasteiger partial charge in [-0.25, -0.2) is 18.4 Å². The molecule has 334 valence electrons. The Labute approximate surface area is 372 Å². The Morgan fingerprint density at radius 2 is 1.82 bits per heavy atom. The van der Waals surface area contributed by atoms with Gasteiger partial charge in [-0.3, -0.25) is 24.0 Å². The predicted octanol–water partition coefficient (Wildman–Crippen LogP) is 6.16. The maximum absolute atomic E-state index is 14.7. The highest BCUT2D eigenvalue weighted by molar-refractivity contribution is 7.90. The number of carbonyl (C=O) groups is 3. The van der Waals surface area contributed by atoms with E-state index < -0.39 is 44.8 Å². The first-order valence-electron chi connectivity index (χ1n) is 22.2. The van der Waals surface area contributed by atoms with Crippen molar-refractivity contribution in [2.45, 2.75) is 101 Å². The summed E-state index contributed by atoms with van der Waals surface area (Å²) in [5.74, 6) is -0.301. The fourth-order valence-corrected chi connectivity index (χ4v) is 12.5. The highest BCUT2D eigenvalue weighted by Crippen LogP contribution is 2.57. The minimum Gasteiger partial charge on any atom is -0.491 e. The topological polar surface area (TPSA) is 167 Å². The quantitative estimate of drug-likeness (QED) is 0.163. The summed E-state index contributed by atoms with van der Waals surface area (Å²) in [4.78, 5) is 57.2. The van der Waals surface area contributed by atoms with Gasteiger partial charge in [0.2, 0.25) is 21.8 Å². The van der Waals surface area contributed by atoms with E-state index in [-0.39, 0.29) is 48.2 Å². The van der Waals surface area contributed by atoms with Gasteiger partial charge >= 0.3 is 0 Å². The summed E-state index contributed by atoms with van der Waals surface area (Å²) in [7, 11) is -3.84. The van der Waals surface area contributed by atoms with E-state index in [4.69, 9.17) is 40.5 Å². The number of ketones is 1. The molecule has 2 amide bonds. The van der Waals surface area contributed by atoms with E-state index >= 15 is 0 Å². The molecule has 6 fully saturated rings. The molecule has 0 unspecified atom stereocenters. The van der Waals surface area contributed by atoms with Crippen LogP contribution in [0.1, 0.15) is 83.2 Å². The lowest BCUT2D eigenvalue weighted by Gasteiger charge is -2.42. The molecular formula is C45H56ClN5O9S2. The number of thiazole rings is 1. The number of carbonyl (C=O) groups excluding carboxylic acids is 3. The third-order valence-corrected chi connectivity index (χ3v) is 17.0. The Morgan fingerprint density at radius 3 is 2.52 bits per heavy atom. The summed E-state index contributed by atoms with van der Waals surface area (Å²) >= 11 is 8.64. The molecule has 0 radical (unpaired) electrons. The number of Topliss-reactive ketones (excluding diaryl/α,β-unsaturated/α-hetero) is 1. The van der Waals surface area contributed by atoms with Crippen LogP contribution in [-0.4, -0.2) is 122 Å². The minimum absolute atomic E-state index is 0.0744. The molecule has 17 heteroatoms. The molecule has 1 aromatic carbocycles. The standard InChI is InChI=1S/C45H56ClN5O9S2/c1-4-28-23-45(28,44(54)49-62(55,56)29-5-6-29)24-36(52)35-22-39(34-9-7-30(43(53)51(34)35)27-11-16-57-17-12-27)60-38-21-32(42-48-33(25-61-42)26(2)3)47-41-31(38)8-10-37(40(41)46)59-20-15-50-13-18-58-19-14-50/h4,8,10,21,25-30,34-35,39H,1,5-7,9,11-20,22-24H2,2-3H3,(H,49,54)/t28-,30-,34-,35+,39-,45-/m1/s1. The second-order valence-electron chi connectivity index (χ2n) is 18.2. The number of amides is 2. The smallest absolute Gasteiger partial charge is 0.240 e. The second-order valence-corrected chi connectivity index (χ2v) is 21.4. The third-order valence-electron chi connectivity index (χ3n) is 13.9. The van der Waals surface area contributed by atoms with Crippen molar-refractivity contribution in [3.63, 3.8) is 0 Å². The van der Waals surface area contributed by atoms with E-state index in [9.17, 15) is 22.8 Å². The number of aromatic nitrogens is 2. The lowest BCUT2D eigenvalue weighted by molar-refractivity contribution is -0.150. The van der Waals surface area contributed by atoms with Gasteiger partial charge < -0.3 is 23.8 Å². The monoisotopic (exact) mass is 909 g/mol. The fraction of sp³-hybridized carbons (Fsp3) is 0.622. The van der Waals surface area contributed by atoms with Crippen LogP contribution in [0.2, 0.25) is 5.02 Å². The molecule has 0 bridgehead atoms. The number of rotatable bonds is 16. The van der Waals surface area contributed by atoms with Gasteiger partial charge in [0, 0.05) is 68.4 Å². The molecule has 4 aliphatic heterocycles. The molecule has 2 aromatic heterocycles. The Kier molecular flexibility index (Phi) is 12.5. The first-order valence-corrected chi connectivity index (χ1v) is 25.0. The van der Waals surface area contributed by atoms with Crippen LogP contribution in [0.25, 0.3) is 21.6 Å². The van der Waals surface area contributed by atoms with E-state index in [1.807, 2.05) is 23.6 Å². The van der Waals surface area contributed by atoms with Crippen molar-refractivity contribution >= 4 is 61.5 Å². The molecule has 0 spiro atoms. The highest BCUT2D eigenvalue weighted by Gasteiger charge is 2.62. The summed E-state index contributed by atoms with van der Waals surface area (Å²) in [6.07, 6.45) is 5.19. The molecule has 6 atom stereocenters. The molecule has 62 heavy (non-hydrogen) atoms. The van der Waals surface area contributed by atoms with Gasteiger partial charge in [-0.05, 0) is 74.8 Å². The third kappa shape index (κ3) is 8.63. The number of nitrogens with one attached hydrogen (secondary N) is 1. The van der Waals surface area contributed by atoms with Crippen LogP contribution in [0.15, 0.2) is 36.2 Å². The lowest BCUT2D eigenvalue weighted by Crippen LogP contribution is -2.54. The van der Waals surface area contributed by atoms with Crippen molar-refractivity contribution in [3.8, 4) is 22.2 Å². The average molecular weight is 911 g/mol. The highest BCUT2D eigenvalue weighted by atomic mass is 35.5. The first kappa shape index (κ1) is 43.6. The fourth-order valence-electron chi connectivity index (χ4n) is 9.95. The Hall–Kier alpha value is -3.67.